The van der Waals surface area contributed by atoms with Gasteiger partial charge < -0.3 is 19.3 Å². The van der Waals surface area contributed by atoms with Crippen LogP contribution in [0.3, 0.4) is 0 Å². The van der Waals surface area contributed by atoms with E-state index in [9.17, 15) is 5.11 Å². The van der Waals surface area contributed by atoms with Crippen LogP contribution in [-0.4, -0.2) is 35.8 Å². The molecule has 13 heavy (non-hydrogen) atoms. The summed E-state index contributed by atoms with van der Waals surface area (Å²) in [5, 5.41) is 9.62. The van der Waals surface area contributed by atoms with Gasteiger partial charge in [-0.25, -0.2) is 0 Å². The number of rotatable bonds is 0. The standard InChI is InChI=1S/C9H14O4/c1-9(2)12-7-3-4-11-5-6(10)8(7)13-9/h3-4,6-8,10H,5H2,1-2H3/t6-,7-,8-/m1/s1. The molecule has 0 unspecified atom stereocenters. The second kappa shape index (κ2) is 2.97. The molecule has 2 aliphatic rings. The Kier molecular flexibility index (Phi) is 2.06. The van der Waals surface area contributed by atoms with Crippen molar-refractivity contribution in [2.45, 2.75) is 37.9 Å². The van der Waals surface area contributed by atoms with E-state index in [-0.39, 0.29) is 18.8 Å². The normalized spacial score (nSPS) is 42.2. The summed E-state index contributed by atoms with van der Waals surface area (Å²) in [4.78, 5) is 0. The summed E-state index contributed by atoms with van der Waals surface area (Å²) in [5.74, 6) is -0.613. The van der Waals surface area contributed by atoms with E-state index in [1.165, 1.54) is 0 Å². The Balaban J connectivity index is 2.16. The molecule has 2 heterocycles. The highest BCUT2D eigenvalue weighted by Crippen LogP contribution is 2.31. The molecule has 0 amide bonds. The lowest BCUT2D eigenvalue weighted by molar-refractivity contribution is -0.157. The van der Waals surface area contributed by atoms with Crippen LogP contribution in [0.25, 0.3) is 0 Å². The van der Waals surface area contributed by atoms with E-state index in [0.717, 1.165) is 0 Å². The average molecular weight is 186 g/mol. The molecule has 3 atom stereocenters. The van der Waals surface area contributed by atoms with Crippen molar-refractivity contribution in [1.82, 2.24) is 0 Å². The molecule has 0 saturated carbocycles. The van der Waals surface area contributed by atoms with E-state index in [4.69, 9.17) is 14.2 Å². The van der Waals surface area contributed by atoms with Crippen LogP contribution in [-0.2, 0) is 14.2 Å². The SMILES string of the molecule is CC1(C)O[C@@H]2[C@H](O)COC=C[C@H]2O1. The maximum atomic E-state index is 9.62. The van der Waals surface area contributed by atoms with E-state index in [0.29, 0.717) is 0 Å². The smallest absolute Gasteiger partial charge is 0.164 e. The maximum absolute atomic E-state index is 9.62. The molecule has 74 valence electrons. The molecule has 0 radical (unpaired) electrons. The molecule has 0 aromatic carbocycles. The van der Waals surface area contributed by atoms with Gasteiger partial charge in [-0.15, -0.1) is 0 Å². The molecule has 2 rings (SSSR count). The molecule has 0 spiro atoms. The molecule has 0 aromatic heterocycles. The predicted molar refractivity (Wildman–Crippen MR) is 44.9 cm³/mol. The zero-order chi connectivity index (χ0) is 9.47. The topological polar surface area (TPSA) is 47.9 Å². The first-order valence-corrected chi connectivity index (χ1v) is 4.40. The van der Waals surface area contributed by atoms with Crippen molar-refractivity contribution >= 4 is 0 Å². The summed E-state index contributed by atoms with van der Waals surface area (Å²) >= 11 is 0. The molecule has 1 fully saturated rings. The van der Waals surface area contributed by atoms with Gasteiger partial charge in [-0.1, -0.05) is 0 Å². The van der Waals surface area contributed by atoms with E-state index in [2.05, 4.69) is 0 Å². The largest absolute Gasteiger partial charge is 0.499 e. The molecule has 0 aromatic rings. The van der Waals surface area contributed by atoms with Crippen molar-refractivity contribution in [3.8, 4) is 0 Å². The van der Waals surface area contributed by atoms with Crippen molar-refractivity contribution in [2.75, 3.05) is 6.61 Å². The monoisotopic (exact) mass is 186 g/mol. The van der Waals surface area contributed by atoms with E-state index in [1.807, 2.05) is 13.8 Å². The highest BCUT2D eigenvalue weighted by atomic mass is 16.8. The second-order valence-electron chi connectivity index (χ2n) is 3.79. The molecule has 1 saturated heterocycles. The van der Waals surface area contributed by atoms with Crippen molar-refractivity contribution in [2.24, 2.45) is 0 Å². The number of aliphatic hydroxyl groups is 1. The molecule has 1 N–H and O–H groups in total. The third-order valence-electron chi connectivity index (χ3n) is 2.17. The van der Waals surface area contributed by atoms with Crippen molar-refractivity contribution < 1.29 is 19.3 Å². The highest BCUT2D eigenvalue weighted by Gasteiger charge is 2.44. The van der Waals surface area contributed by atoms with Gasteiger partial charge in [0, 0.05) is 0 Å². The second-order valence-corrected chi connectivity index (χ2v) is 3.79. The maximum Gasteiger partial charge on any atom is 0.164 e. The Morgan fingerprint density at radius 2 is 2.15 bits per heavy atom. The number of hydrogen-bond acceptors (Lipinski definition) is 4. The van der Waals surface area contributed by atoms with Crippen molar-refractivity contribution in [3.05, 3.63) is 12.3 Å². The molecule has 2 aliphatic heterocycles. The minimum absolute atomic E-state index is 0.201. The van der Waals surface area contributed by atoms with Crippen LogP contribution in [0.4, 0.5) is 0 Å². The Morgan fingerprint density at radius 1 is 1.38 bits per heavy atom. The van der Waals surface area contributed by atoms with E-state index >= 15 is 0 Å². The predicted octanol–water partition coefficient (Wildman–Crippen LogP) is 0.411. The number of ether oxygens (including phenoxy) is 3. The summed E-state index contributed by atoms with van der Waals surface area (Å²) < 4.78 is 16.1. The van der Waals surface area contributed by atoms with E-state index < -0.39 is 11.9 Å². The minimum Gasteiger partial charge on any atom is -0.499 e. The summed E-state index contributed by atoms with van der Waals surface area (Å²) in [7, 11) is 0. The molecule has 4 nitrogen and oxygen atoms in total. The van der Waals surface area contributed by atoms with Gasteiger partial charge in [-0.2, -0.15) is 0 Å². The van der Waals surface area contributed by atoms with Gasteiger partial charge >= 0.3 is 0 Å². The summed E-state index contributed by atoms with van der Waals surface area (Å²) in [6.07, 6.45) is 2.19. The highest BCUT2D eigenvalue weighted by molar-refractivity contribution is 5.00. The van der Waals surface area contributed by atoms with Gasteiger partial charge in [0.25, 0.3) is 0 Å². The van der Waals surface area contributed by atoms with Crippen LogP contribution < -0.4 is 0 Å². The van der Waals surface area contributed by atoms with Crippen molar-refractivity contribution in [3.63, 3.8) is 0 Å². The first kappa shape index (κ1) is 8.99. The fourth-order valence-electron chi connectivity index (χ4n) is 1.65. The molecular weight excluding hydrogens is 172 g/mol. The fourth-order valence-corrected chi connectivity index (χ4v) is 1.65. The summed E-state index contributed by atoms with van der Waals surface area (Å²) in [6.45, 7) is 3.93. The Hall–Kier alpha value is -0.580. The molecule has 0 bridgehead atoms. The van der Waals surface area contributed by atoms with Crippen LogP contribution in [0.1, 0.15) is 13.8 Å². The lowest BCUT2D eigenvalue weighted by atomic mass is 10.1. The van der Waals surface area contributed by atoms with E-state index in [1.54, 1.807) is 12.3 Å². The molecule has 4 heteroatoms. The van der Waals surface area contributed by atoms with Gasteiger partial charge in [0.15, 0.2) is 5.79 Å². The van der Waals surface area contributed by atoms with Gasteiger partial charge in [-0.05, 0) is 19.9 Å². The average Bonchev–Trinajstić information content (AvgIpc) is 2.26. The van der Waals surface area contributed by atoms with Gasteiger partial charge in [0.1, 0.15) is 24.9 Å². The molecule has 0 aliphatic carbocycles. The molecular formula is C9H14O4. The lowest BCUT2D eigenvalue weighted by Crippen LogP contribution is -2.36. The zero-order valence-corrected chi connectivity index (χ0v) is 7.77. The van der Waals surface area contributed by atoms with Crippen LogP contribution >= 0.6 is 0 Å². The Bertz CT molecular complexity index is 224. The first-order valence-electron chi connectivity index (χ1n) is 4.40. The minimum atomic E-state index is -0.623. The number of fused-ring (bicyclic) bond motifs is 1. The lowest BCUT2D eigenvalue weighted by Gasteiger charge is -2.19. The van der Waals surface area contributed by atoms with Crippen molar-refractivity contribution in [1.29, 1.82) is 0 Å². The van der Waals surface area contributed by atoms with Gasteiger partial charge in [-0.3, -0.25) is 0 Å². The van der Waals surface area contributed by atoms with Gasteiger partial charge in [0.2, 0.25) is 0 Å². The van der Waals surface area contributed by atoms with Crippen LogP contribution in [0, 0.1) is 0 Å². The third kappa shape index (κ3) is 1.70. The third-order valence-corrected chi connectivity index (χ3v) is 2.17. The summed E-state index contributed by atoms with van der Waals surface area (Å²) in [5.41, 5.74) is 0. The van der Waals surface area contributed by atoms with Gasteiger partial charge in [0.05, 0.1) is 6.26 Å². The van der Waals surface area contributed by atoms with Crippen LogP contribution in [0.15, 0.2) is 12.3 Å². The summed E-state index contributed by atoms with van der Waals surface area (Å²) in [6, 6.07) is 0. The van der Waals surface area contributed by atoms with Crippen LogP contribution in [0.2, 0.25) is 0 Å². The number of hydrogen-bond donors (Lipinski definition) is 1. The Labute approximate surface area is 77.1 Å². The quantitative estimate of drug-likeness (QED) is 0.595. The fraction of sp³-hybridized carbons (Fsp3) is 0.778. The number of aliphatic hydroxyl groups excluding tert-OH is 1. The zero-order valence-electron chi connectivity index (χ0n) is 7.77. The first-order chi connectivity index (χ1) is 6.08. The Morgan fingerprint density at radius 3 is 2.92 bits per heavy atom. The van der Waals surface area contributed by atoms with Crippen LogP contribution in [0.5, 0.6) is 0 Å².